The Balaban J connectivity index is 1.56. The molecule has 2 unspecified atom stereocenters. The third kappa shape index (κ3) is 2.54. The van der Waals surface area contributed by atoms with Crippen LogP contribution in [0, 0.1) is 23.2 Å². The standard InChI is InChI=1S/C18H16N2O2S/c21-23(22,17-7-2-1-3-8-17)20-13-15-12-18(15,14-20)10-9-16-6-4-5-11-19-16/h1-8,11,15H,12-14H2. The predicted octanol–water partition coefficient (Wildman–Crippen LogP) is 2.14. The van der Waals surface area contributed by atoms with Crippen LogP contribution in [-0.2, 0) is 10.0 Å². The van der Waals surface area contributed by atoms with Crippen molar-refractivity contribution in [2.45, 2.75) is 11.3 Å². The lowest BCUT2D eigenvalue weighted by atomic mass is 10.1. The number of aromatic nitrogens is 1. The minimum absolute atomic E-state index is 0.181. The van der Waals surface area contributed by atoms with Crippen molar-refractivity contribution in [2.75, 3.05) is 13.1 Å². The van der Waals surface area contributed by atoms with Crippen LogP contribution in [0.1, 0.15) is 12.1 Å². The highest BCUT2D eigenvalue weighted by atomic mass is 32.2. The molecule has 2 aliphatic rings. The van der Waals surface area contributed by atoms with E-state index in [1.165, 1.54) is 0 Å². The average molecular weight is 324 g/mol. The van der Waals surface area contributed by atoms with Crippen molar-refractivity contribution in [3.63, 3.8) is 0 Å². The van der Waals surface area contributed by atoms with E-state index in [9.17, 15) is 8.42 Å². The fourth-order valence-corrected chi connectivity index (χ4v) is 4.76. The lowest BCUT2D eigenvalue weighted by Crippen LogP contribution is -2.31. The van der Waals surface area contributed by atoms with Gasteiger partial charge in [-0.1, -0.05) is 30.2 Å². The summed E-state index contributed by atoms with van der Waals surface area (Å²) in [5, 5.41) is 0. The maximum Gasteiger partial charge on any atom is 0.243 e. The Morgan fingerprint density at radius 2 is 1.91 bits per heavy atom. The molecule has 2 atom stereocenters. The molecular weight excluding hydrogens is 308 g/mol. The van der Waals surface area contributed by atoms with Crippen LogP contribution in [0.4, 0.5) is 0 Å². The molecule has 0 spiro atoms. The van der Waals surface area contributed by atoms with E-state index < -0.39 is 10.0 Å². The van der Waals surface area contributed by atoms with Crippen molar-refractivity contribution >= 4 is 10.0 Å². The van der Waals surface area contributed by atoms with Gasteiger partial charge in [-0.25, -0.2) is 13.4 Å². The molecule has 0 bridgehead atoms. The van der Waals surface area contributed by atoms with Crippen LogP contribution in [0.5, 0.6) is 0 Å². The average Bonchev–Trinajstić information content (AvgIpc) is 3.15. The number of hydrogen-bond acceptors (Lipinski definition) is 3. The molecule has 0 amide bonds. The van der Waals surface area contributed by atoms with Crippen LogP contribution in [-0.4, -0.2) is 30.8 Å². The van der Waals surface area contributed by atoms with Crippen LogP contribution in [0.15, 0.2) is 59.6 Å². The molecule has 1 saturated heterocycles. The molecule has 2 heterocycles. The third-order valence-electron chi connectivity index (χ3n) is 4.60. The molecule has 0 radical (unpaired) electrons. The SMILES string of the molecule is O=S(=O)(c1ccccc1)N1CC2CC2(C#Cc2ccccn2)C1. The number of rotatable bonds is 2. The molecule has 1 aromatic carbocycles. The van der Waals surface area contributed by atoms with Crippen LogP contribution in [0.25, 0.3) is 0 Å². The van der Waals surface area contributed by atoms with Crippen LogP contribution in [0.3, 0.4) is 0 Å². The molecule has 4 nitrogen and oxygen atoms in total. The Kier molecular flexibility index (Phi) is 3.26. The van der Waals surface area contributed by atoms with Crippen LogP contribution >= 0.6 is 0 Å². The van der Waals surface area contributed by atoms with Gasteiger partial charge in [0.1, 0.15) is 5.69 Å². The van der Waals surface area contributed by atoms with Gasteiger partial charge < -0.3 is 0 Å². The summed E-state index contributed by atoms with van der Waals surface area (Å²) in [7, 11) is -3.41. The highest BCUT2D eigenvalue weighted by molar-refractivity contribution is 7.89. The van der Waals surface area contributed by atoms with Gasteiger partial charge in [0.2, 0.25) is 10.0 Å². The summed E-state index contributed by atoms with van der Waals surface area (Å²) in [6.45, 7) is 1.04. The monoisotopic (exact) mass is 324 g/mol. The molecule has 116 valence electrons. The zero-order valence-corrected chi connectivity index (χ0v) is 13.3. The summed E-state index contributed by atoms with van der Waals surface area (Å²) in [6, 6.07) is 14.2. The topological polar surface area (TPSA) is 50.3 Å². The summed E-state index contributed by atoms with van der Waals surface area (Å²) < 4.78 is 26.9. The number of sulfonamides is 1. The first kappa shape index (κ1) is 14.4. The first-order valence-corrected chi connectivity index (χ1v) is 9.04. The van der Waals surface area contributed by atoms with Gasteiger partial charge in [-0.15, -0.1) is 0 Å². The third-order valence-corrected chi connectivity index (χ3v) is 6.43. The van der Waals surface area contributed by atoms with E-state index in [0.717, 1.165) is 12.1 Å². The Morgan fingerprint density at radius 3 is 2.65 bits per heavy atom. The molecular formula is C18H16N2O2S. The van der Waals surface area contributed by atoms with E-state index >= 15 is 0 Å². The van der Waals surface area contributed by atoms with Gasteiger partial charge in [-0.05, 0) is 42.5 Å². The van der Waals surface area contributed by atoms with Crippen LogP contribution < -0.4 is 0 Å². The van der Waals surface area contributed by atoms with Crippen molar-refractivity contribution in [2.24, 2.45) is 11.3 Å². The Morgan fingerprint density at radius 1 is 1.13 bits per heavy atom. The molecule has 0 N–H and O–H groups in total. The number of pyridine rings is 1. The Hall–Kier alpha value is -2.16. The second-order valence-electron chi connectivity index (χ2n) is 6.13. The van der Waals surface area contributed by atoms with E-state index in [-0.39, 0.29) is 5.41 Å². The number of piperidine rings is 1. The zero-order chi connectivity index (χ0) is 15.9. The second-order valence-corrected chi connectivity index (χ2v) is 8.07. The van der Waals surface area contributed by atoms with Gasteiger partial charge >= 0.3 is 0 Å². The number of benzene rings is 1. The van der Waals surface area contributed by atoms with Gasteiger partial charge in [0.15, 0.2) is 0 Å². The molecule has 23 heavy (non-hydrogen) atoms. The minimum atomic E-state index is -3.41. The lowest BCUT2D eigenvalue weighted by molar-refractivity contribution is 0.430. The Bertz CT molecular complexity index is 885. The largest absolute Gasteiger partial charge is 0.248 e. The summed E-state index contributed by atoms with van der Waals surface area (Å²) in [5.74, 6) is 6.73. The predicted molar refractivity (Wildman–Crippen MR) is 86.9 cm³/mol. The summed E-state index contributed by atoms with van der Waals surface area (Å²) >= 11 is 0. The quantitative estimate of drug-likeness (QED) is 0.795. The summed E-state index contributed by atoms with van der Waals surface area (Å²) in [4.78, 5) is 4.55. The van der Waals surface area contributed by atoms with Crippen molar-refractivity contribution in [1.82, 2.24) is 9.29 Å². The molecule has 1 saturated carbocycles. The first-order chi connectivity index (χ1) is 11.1. The highest BCUT2D eigenvalue weighted by Crippen LogP contribution is 2.58. The fraction of sp³-hybridized carbons (Fsp3) is 0.278. The number of hydrogen-bond donors (Lipinski definition) is 0. The van der Waals surface area contributed by atoms with E-state index in [4.69, 9.17) is 0 Å². The zero-order valence-electron chi connectivity index (χ0n) is 12.5. The number of fused-ring (bicyclic) bond motifs is 1. The van der Waals surface area contributed by atoms with Crippen LogP contribution in [0.2, 0.25) is 0 Å². The molecule has 2 aromatic rings. The van der Waals surface area contributed by atoms with Gasteiger partial charge in [0, 0.05) is 19.3 Å². The Labute approximate surface area is 136 Å². The van der Waals surface area contributed by atoms with Crippen molar-refractivity contribution in [1.29, 1.82) is 0 Å². The maximum absolute atomic E-state index is 12.7. The normalized spacial score (nSPS) is 26.2. The number of nitrogens with zero attached hydrogens (tertiary/aromatic N) is 2. The van der Waals surface area contributed by atoms with Gasteiger partial charge in [0.05, 0.1) is 10.3 Å². The fourth-order valence-electron chi connectivity index (χ4n) is 3.18. The highest BCUT2D eigenvalue weighted by Gasteiger charge is 2.61. The van der Waals surface area contributed by atoms with Gasteiger partial charge in [-0.3, -0.25) is 0 Å². The van der Waals surface area contributed by atoms with Gasteiger partial charge in [-0.2, -0.15) is 4.31 Å². The van der Waals surface area contributed by atoms with E-state index in [1.807, 2.05) is 24.3 Å². The maximum atomic E-state index is 12.7. The van der Waals surface area contributed by atoms with E-state index in [2.05, 4.69) is 16.8 Å². The van der Waals surface area contributed by atoms with Crippen molar-refractivity contribution < 1.29 is 8.42 Å². The molecule has 1 aromatic heterocycles. The molecule has 1 aliphatic carbocycles. The van der Waals surface area contributed by atoms with Crippen molar-refractivity contribution in [3.05, 3.63) is 60.4 Å². The summed E-state index contributed by atoms with van der Waals surface area (Å²) in [5.41, 5.74) is 0.552. The van der Waals surface area contributed by atoms with E-state index in [0.29, 0.717) is 23.9 Å². The van der Waals surface area contributed by atoms with E-state index in [1.54, 1.807) is 34.8 Å². The van der Waals surface area contributed by atoms with Gasteiger partial charge in [0.25, 0.3) is 0 Å². The molecule has 5 heteroatoms. The second kappa shape index (κ2) is 5.19. The first-order valence-electron chi connectivity index (χ1n) is 7.60. The lowest BCUT2D eigenvalue weighted by Gasteiger charge is -2.18. The van der Waals surface area contributed by atoms with Crippen molar-refractivity contribution in [3.8, 4) is 11.8 Å². The summed E-state index contributed by atoms with van der Waals surface area (Å²) in [6.07, 6.45) is 2.69. The molecule has 1 aliphatic heterocycles. The molecule has 4 rings (SSSR count). The molecule has 2 fully saturated rings. The smallest absolute Gasteiger partial charge is 0.243 e. The minimum Gasteiger partial charge on any atom is -0.248 e.